The summed E-state index contributed by atoms with van der Waals surface area (Å²) >= 11 is 0. The predicted molar refractivity (Wildman–Crippen MR) is 65.7 cm³/mol. The molecule has 0 saturated carbocycles. The van der Waals surface area contributed by atoms with Gasteiger partial charge in [0.05, 0.1) is 17.9 Å². The fourth-order valence-corrected chi connectivity index (χ4v) is 1.39. The first kappa shape index (κ1) is 13.4. The quantitative estimate of drug-likeness (QED) is 0.845. The minimum Gasteiger partial charge on any atom is -0.477 e. The van der Waals surface area contributed by atoms with Crippen molar-refractivity contribution in [3.63, 3.8) is 0 Å². The summed E-state index contributed by atoms with van der Waals surface area (Å²) < 4.78 is 12.5. The third-order valence-electron chi connectivity index (χ3n) is 2.82. The van der Waals surface area contributed by atoms with Crippen molar-refractivity contribution in [3.8, 4) is 11.9 Å². The van der Waals surface area contributed by atoms with E-state index in [0.29, 0.717) is 23.9 Å². The molecule has 0 saturated heterocycles. The Morgan fingerprint density at radius 3 is 2.65 bits per heavy atom. The molecule has 0 radical (unpaired) electrons. The Bertz CT molecular complexity index is 430. The van der Waals surface area contributed by atoms with Gasteiger partial charge < -0.3 is 19.8 Å². The fraction of sp³-hybridized carbons (Fsp3) is 0.583. The highest BCUT2D eigenvalue weighted by Crippen LogP contribution is 2.25. The van der Waals surface area contributed by atoms with Crippen molar-refractivity contribution < 1.29 is 9.47 Å². The predicted octanol–water partition coefficient (Wildman–Crippen LogP) is 1.67. The van der Waals surface area contributed by atoms with Gasteiger partial charge in [-0.3, -0.25) is 0 Å². The number of aromatic nitrogens is 1. The summed E-state index contributed by atoms with van der Waals surface area (Å²) in [5.41, 5.74) is 6.52. The molecule has 0 aliphatic rings. The highest BCUT2D eigenvalue weighted by atomic mass is 16.5. The van der Waals surface area contributed by atoms with Crippen molar-refractivity contribution in [3.05, 3.63) is 11.8 Å². The van der Waals surface area contributed by atoms with Crippen molar-refractivity contribution in [1.29, 1.82) is 5.26 Å². The van der Waals surface area contributed by atoms with E-state index in [4.69, 9.17) is 20.5 Å². The molecule has 1 heterocycles. The molecule has 1 aromatic heterocycles. The Morgan fingerprint density at radius 1 is 1.53 bits per heavy atom. The molecule has 0 aliphatic carbocycles. The third-order valence-corrected chi connectivity index (χ3v) is 2.82. The van der Waals surface area contributed by atoms with Crippen molar-refractivity contribution >= 4 is 5.69 Å². The number of nitrogen functional groups attached to an aromatic ring is 1. The molecule has 0 spiro atoms. The van der Waals surface area contributed by atoms with Gasteiger partial charge in [0.15, 0.2) is 0 Å². The van der Waals surface area contributed by atoms with E-state index < -0.39 is 0 Å². The lowest BCUT2D eigenvalue weighted by atomic mass is 10.1. The average molecular weight is 237 g/mol. The second kappa shape index (κ2) is 5.11. The number of hydrogen-bond acceptors (Lipinski definition) is 4. The fourth-order valence-electron chi connectivity index (χ4n) is 1.39. The first-order chi connectivity index (χ1) is 7.91. The van der Waals surface area contributed by atoms with Crippen LogP contribution in [0.5, 0.6) is 5.88 Å². The first-order valence-corrected chi connectivity index (χ1v) is 5.44. The van der Waals surface area contributed by atoms with Gasteiger partial charge in [0.2, 0.25) is 5.88 Å². The van der Waals surface area contributed by atoms with Gasteiger partial charge in [0.25, 0.3) is 0 Å². The molecule has 5 heteroatoms. The number of nitrogens with zero attached hydrogens (tertiary/aromatic N) is 2. The number of ether oxygens (including phenoxy) is 2. The second-order valence-corrected chi connectivity index (χ2v) is 4.52. The normalized spacial score (nSPS) is 11.2. The van der Waals surface area contributed by atoms with Gasteiger partial charge in [0, 0.05) is 26.6 Å². The SMILES string of the molecule is COC(C)(C)CCOc1c(N)cc(C#N)n1C. The molecule has 0 atom stereocenters. The zero-order valence-corrected chi connectivity index (χ0v) is 10.8. The third kappa shape index (κ3) is 3.14. The summed E-state index contributed by atoms with van der Waals surface area (Å²) in [5.74, 6) is 0.536. The molecule has 0 aliphatic heterocycles. The van der Waals surface area contributed by atoms with Crippen LogP contribution in [-0.2, 0) is 11.8 Å². The van der Waals surface area contributed by atoms with E-state index in [0.717, 1.165) is 6.42 Å². The Hall–Kier alpha value is -1.67. The summed E-state index contributed by atoms with van der Waals surface area (Å²) in [6.45, 7) is 4.48. The van der Waals surface area contributed by atoms with Gasteiger partial charge in [-0.2, -0.15) is 5.26 Å². The summed E-state index contributed by atoms with van der Waals surface area (Å²) in [4.78, 5) is 0. The van der Waals surface area contributed by atoms with Crippen molar-refractivity contribution in [2.24, 2.45) is 7.05 Å². The van der Waals surface area contributed by atoms with Gasteiger partial charge in [-0.05, 0) is 13.8 Å². The van der Waals surface area contributed by atoms with E-state index in [-0.39, 0.29) is 5.60 Å². The van der Waals surface area contributed by atoms with Crippen LogP contribution >= 0.6 is 0 Å². The van der Waals surface area contributed by atoms with Gasteiger partial charge in [-0.15, -0.1) is 0 Å². The van der Waals surface area contributed by atoms with Crippen molar-refractivity contribution in [1.82, 2.24) is 4.57 Å². The van der Waals surface area contributed by atoms with Crippen LogP contribution in [0.4, 0.5) is 5.69 Å². The molecule has 5 nitrogen and oxygen atoms in total. The standard InChI is InChI=1S/C12H19N3O2/c1-12(2,16-4)5-6-17-11-10(14)7-9(8-13)15(11)3/h7H,5-6,14H2,1-4H3. The number of nitriles is 1. The van der Waals surface area contributed by atoms with Crippen LogP contribution in [0.15, 0.2) is 6.07 Å². The molecule has 0 fully saturated rings. The van der Waals surface area contributed by atoms with Crippen LogP contribution in [0.3, 0.4) is 0 Å². The monoisotopic (exact) mass is 237 g/mol. The number of hydrogen-bond donors (Lipinski definition) is 1. The maximum Gasteiger partial charge on any atom is 0.218 e. The Labute approximate surface area is 102 Å². The molecular formula is C12H19N3O2. The molecule has 94 valence electrons. The molecule has 1 rings (SSSR count). The Morgan fingerprint density at radius 2 is 2.18 bits per heavy atom. The van der Waals surface area contributed by atoms with Crippen molar-refractivity contribution in [2.75, 3.05) is 19.5 Å². The Kier molecular flexibility index (Phi) is 4.02. The lowest BCUT2D eigenvalue weighted by molar-refractivity contribution is 0.00490. The van der Waals surface area contributed by atoms with E-state index in [1.807, 2.05) is 13.8 Å². The van der Waals surface area contributed by atoms with Crippen molar-refractivity contribution in [2.45, 2.75) is 25.9 Å². The van der Waals surface area contributed by atoms with Crippen LogP contribution in [0.2, 0.25) is 0 Å². The van der Waals surface area contributed by atoms with Gasteiger partial charge in [-0.1, -0.05) is 0 Å². The summed E-state index contributed by atoms with van der Waals surface area (Å²) in [6, 6.07) is 3.66. The minimum absolute atomic E-state index is 0.224. The van der Waals surface area contributed by atoms with E-state index in [1.54, 1.807) is 24.8 Å². The van der Waals surface area contributed by atoms with E-state index in [2.05, 4.69) is 6.07 Å². The molecule has 2 N–H and O–H groups in total. The van der Waals surface area contributed by atoms with E-state index in [9.17, 15) is 0 Å². The maximum atomic E-state index is 8.85. The zero-order valence-electron chi connectivity index (χ0n) is 10.8. The van der Waals surface area contributed by atoms with E-state index in [1.165, 1.54) is 0 Å². The number of rotatable bonds is 5. The van der Waals surface area contributed by atoms with Crippen LogP contribution < -0.4 is 10.5 Å². The smallest absolute Gasteiger partial charge is 0.218 e. The number of anilines is 1. The summed E-state index contributed by atoms with van der Waals surface area (Å²) in [6.07, 6.45) is 0.746. The highest BCUT2D eigenvalue weighted by molar-refractivity contribution is 5.54. The van der Waals surface area contributed by atoms with Crippen LogP contribution in [0, 0.1) is 11.3 Å². The topological polar surface area (TPSA) is 73.2 Å². The lowest BCUT2D eigenvalue weighted by Gasteiger charge is -2.22. The zero-order chi connectivity index (χ0) is 13.1. The lowest BCUT2D eigenvalue weighted by Crippen LogP contribution is -2.25. The molecule has 0 bridgehead atoms. The average Bonchev–Trinajstić information content (AvgIpc) is 2.56. The van der Waals surface area contributed by atoms with Gasteiger partial charge in [0.1, 0.15) is 11.8 Å². The summed E-state index contributed by atoms with van der Waals surface area (Å²) in [5, 5.41) is 8.85. The molecule has 1 aromatic rings. The van der Waals surface area contributed by atoms with Crippen LogP contribution in [-0.4, -0.2) is 23.9 Å². The van der Waals surface area contributed by atoms with Gasteiger partial charge >= 0.3 is 0 Å². The number of methoxy groups -OCH3 is 1. The number of nitrogens with two attached hydrogens (primary N) is 1. The molecular weight excluding hydrogens is 218 g/mol. The summed E-state index contributed by atoms with van der Waals surface area (Å²) in [7, 11) is 3.43. The minimum atomic E-state index is -0.224. The first-order valence-electron chi connectivity index (χ1n) is 5.44. The van der Waals surface area contributed by atoms with Crippen LogP contribution in [0.1, 0.15) is 26.0 Å². The second-order valence-electron chi connectivity index (χ2n) is 4.52. The highest BCUT2D eigenvalue weighted by Gasteiger charge is 2.17. The van der Waals surface area contributed by atoms with E-state index >= 15 is 0 Å². The molecule has 0 aromatic carbocycles. The van der Waals surface area contributed by atoms with Gasteiger partial charge in [-0.25, -0.2) is 0 Å². The largest absolute Gasteiger partial charge is 0.477 e. The maximum absolute atomic E-state index is 8.85. The van der Waals surface area contributed by atoms with Crippen LogP contribution in [0.25, 0.3) is 0 Å². The molecule has 0 amide bonds. The molecule has 17 heavy (non-hydrogen) atoms. The Balaban J connectivity index is 2.65. The molecule has 0 unspecified atom stereocenters.